The molecule has 1 spiro atoms. The number of nitrogens with zero attached hydrogens (tertiary/aromatic N) is 1. The van der Waals surface area contributed by atoms with Crippen molar-refractivity contribution < 1.29 is 23.9 Å². The molecule has 1 saturated carbocycles. The van der Waals surface area contributed by atoms with Crippen molar-refractivity contribution in [3.8, 4) is 0 Å². The maximum absolute atomic E-state index is 14.3. The summed E-state index contributed by atoms with van der Waals surface area (Å²) < 4.78 is 6.58. The largest absolute Gasteiger partial charge is 0.356 e. The van der Waals surface area contributed by atoms with Crippen molar-refractivity contribution in [2.75, 3.05) is 4.90 Å². The molecule has 37 heavy (non-hydrogen) atoms. The summed E-state index contributed by atoms with van der Waals surface area (Å²) in [5, 5.41) is 6.21. The fraction of sp³-hybridized carbons (Fsp3) is 0.586. The third-order valence-electron chi connectivity index (χ3n) is 8.21. The Balaban J connectivity index is 1.58. The Labute approximate surface area is 218 Å². The molecule has 8 nitrogen and oxygen atoms in total. The predicted octanol–water partition coefficient (Wildman–Crippen LogP) is 3.30. The van der Waals surface area contributed by atoms with Crippen molar-refractivity contribution in [1.29, 1.82) is 0 Å². The van der Waals surface area contributed by atoms with E-state index in [1.165, 1.54) is 18.2 Å². The first kappa shape index (κ1) is 25.6. The summed E-state index contributed by atoms with van der Waals surface area (Å²) >= 11 is 0. The van der Waals surface area contributed by atoms with Gasteiger partial charge in [-0.25, -0.2) is 0 Å². The van der Waals surface area contributed by atoms with Crippen molar-refractivity contribution in [2.24, 2.45) is 11.8 Å². The van der Waals surface area contributed by atoms with Gasteiger partial charge in [0.2, 0.25) is 17.7 Å². The molecule has 1 aromatic carbocycles. The van der Waals surface area contributed by atoms with E-state index < -0.39 is 34.6 Å². The number of amides is 3. The number of carbonyl (C=O) groups is 4. The van der Waals surface area contributed by atoms with Crippen LogP contribution in [0.25, 0.3) is 0 Å². The van der Waals surface area contributed by atoms with E-state index in [2.05, 4.69) is 10.6 Å². The van der Waals surface area contributed by atoms with E-state index in [9.17, 15) is 19.2 Å². The zero-order valence-corrected chi connectivity index (χ0v) is 22.3. The molecular weight excluding hydrogens is 470 g/mol. The third-order valence-corrected chi connectivity index (χ3v) is 8.21. The number of ketones is 1. The van der Waals surface area contributed by atoms with E-state index in [1.807, 2.05) is 39.8 Å². The number of carbonyl (C=O) groups excluding carboxylic acids is 4. The van der Waals surface area contributed by atoms with E-state index in [0.29, 0.717) is 11.3 Å². The molecule has 1 aliphatic carbocycles. The van der Waals surface area contributed by atoms with Crippen LogP contribution in [0.1, 0.15) is 77.1 Å². The van der Waals surface area contributed by atoms with Gasteiger partial charge in [-0.15, -0.1) is 0 Å². The van der Waals surface area contributed by atoms with Crippen LogP contribution in [0.4, 0.5) is 5.69 Å². The number of fused-ring (bicyclic) bond motifs is 1. The zero-order valence-electron chi connectivity index (χ0n) is 22.3. The maximum atomic E-state index is 14.3. The molecule has 4 aliphatic rings. The van der Waals surface area contributed by atoms with E-state index in [0.717, 1.165) is 25.7 Å². The molecule has 3 amide bonds. The van der Waals surface area contributed by atoms with Crippen LogP contribution in [0.15, 0.2) is 36.4 Å². The van der Waals surface area contributed by atoms with Gasteiger partial charge in [-0.2, -0.15) is 0 Å². The van der Waals surface area contributed by atoms with Crippen molar-refractivity contribution in [3.05, 3.63) is 42.0 Å². The van der Waals surface area contributed by atoms with Crippen LogP contribution in [0.2, 0.25) is 0 Å². The molecule has 198 valence electrons. The first-order valence-electron chi connectivity index (χ1n) is 13.3. The second kappa shape index (κ2) is 8.79. The average Bonchev–Trinajstić information content (AvgIpc) is 3.39. The first-order chi connectivity index (χ1) is 17.4. The van der Waals surface area contributed by atoms with Crippen molar-refractivity contribution in [1.82, 2.24) is 10.6 Å². The summed E-state index contributed by atoms with van der Waals surface area (Å²) in [4.78, 5) is 55.4. The Kier molecular flexibility index (Phi) is 6.09. The molecule has 5 unspecified atom stereocenters. The van der Waals surface area contributed by atoms with Crippen LogP contribution in [0, 0.1) is 11.8 Å². The molecule has 2 bridgehead atoms. The van der Waals surface area contributed by atoms with Crippen LogP contribution < -0.4 is 15.5 Å². The Morgan fingerprint density at radius 3 is 2.41 bits per heavy atom. The van der Waals surface area contributed by atoms with Gasteiger partial charge in [-0.1, -0.05) is 43.5 Å². The van der Waals surface area contributed by atoms with Gasteiger partial charge in [-0.3, -0.25) is 24.1 Å². The van der Waals surface area contributed by atoms with Gasteiger partial charge in [0.25, 0.3) is 0 Å². The number of benzene rings is 1. The Bertz CT molecular complexity index is 1180. The van der Waals surface area contributed by atoms with Crippen LogP contribution in [-0.2, 0) is 19.1 Å². The Hall–Kier alpha value is -3.00. The average molecular weight is 508 g/mol. The van der Waals surface area contributed by atoms with E-state index >= 15 is 0 Å². The molecule has 2 N–H and O–H groups in total. The number of hydrogen-bond donors (Lipinski definition) is 2. The van der Waals surface area contributed by atoms with Crippen molar-refractivity contribution >= 4 is 29.2 Å². The molecule has 3 heterocycles. The first-order valence-corrected chi connectivity index (χ1v) is 13.3. The Morgan fingerprint density at radius 2 is 1.76 bits per heavy atom. The van der Waals surface area contributed by atoms with Crippen LogP contribution in [0.3, 0.4) is 0 Å². The fourth-order valence-corrected chi connectivity index (χ4v) is 6.66. The quantitative estimate of drug-likeness (QED) is 0.470. The Morgan fingerprint density at radius 1 is 1.05 bits per heavy atom. The topological polar surface area (TPSA) is 105 Å². The standard InChI is InChI=1S/C29H37N3O5/c1-17(33)18-10-9-13-20(16-18)32-23(25(35)31-27(2,3)4)29-15-14-28(5,37-29)21(22(29)26(32)36)24(34)30-19-11-7-6-8-12-19/h9-10,13-16,19,21-23H,6-8,11-12H2,1-5H3,(H,30,34)(H,31,35). The van der Waals surface area contributed by atoms with Crippen LogP contribution in [0.5, 0.6) is 0 Å². The number of ether oxygens (including phenoxy) is 1. The highest BCUT2D eigenvalue weighted by Gasteiger charge is 2.76. The highest BCUT2D eigenvalue weighted by Crippen LogP contribution is 2.60. The summed E-state index contributed by atoms with van der Waals surface area (Å²) in [5.41, 5.74) is -1.96. The van der Waals surface area contributed by atoms with Gasteiger partial charge in [0, 0.05) is 22.8 Å². The molecule has 2 saturated heterocycles. The lowest BCUT2D eigenvalue weighted by Crippen LogP contribution is -2.58. The predicted molar refractivity (Wildman–Crippen MR) is 139 cm³/mol. The molecule has 3 aliphatic heterocycles. The van der Waals surface area contributed by atoms with E-state index in [1.54, 1.807) is 24.3 Å². The molecular formula is C29H37N3O5. The fourth-order valence-electron chi connectivity index (χ4n) is 6.66. The second-order valence-electron chi connectivity index (χ2n) is 12.2. The molecule has 1 aromatic rings. The highest BCUT2D eigenvalue weighted by molar-refractivity contribution is 6.11. The van der Waals surface area contributed by atoms with Crippen molar-refractivity contribution in [3.63, 3.8) is 0 Å². The molecule has 0 aromatic heterocycles. The summed E-state index contributed by atoms with van der Waals surface area (Å²) in [7, 11) is 0. The normalized spacial score (nSPS) is 32.9. The number of anilines is 1. The lowest BCUT2D eigenvalue weighted by atomic mass is 9.70. The van der Waals surface area contributed by atoms with Crippen LogP contribution in [-0.4, -0.2) is 52.3 Å². The second-order valence-corrected chi connectivity index (χ2v) is 12.2. The van der Waals surface area contributed by atoms with E-state index in [-0.39, 0.29) is 29.5 Å². The van der Waals surface area contributed by atoms with Gasteiger partial charge in [-0.05, 0) is 59.6 Å². The van der Waals surface area contributed by atoms with Crippen LogP contribution >= 0.6 is 0 Å². The summed E-state index contributed by atoms with van der Waals surface area (Å²) in [5.74, 6) is -2.67. The molecule has 8 heteroatoms. The van der Waals surface area contributed by atoms with Gasteiger partial charge >= 0.3 is 0 Å². The monoisotopic (exact) mass is 507 g/mol. The number of hydrogen-bond acceptors (Lipinski definition) is 5. The molecule has 5 rings (SSSR count). The highest BCUT2D eigenvalue weighted by atomic mass is 16.5. The molecule has 5 atom stereocenters. The number of Topliss-reactive ketones (excluding diaryl/α,β-unsaturated/α-hetero) is 1. The minimum atomic E-state index is -1.29. The number of nitrogens with one attached hydrogen (secondary N) is 2. The maximum Gasteiger partial charge on any atom is 0.246 e. The number of rotatable bonds is 5. The zero-order chi connectivity index (χ0) is 26.8. The summed E-state index contributed by atoms with van der Waals surface area (Å²) in [6, 6.07) is 5.78. The van der Waals surface area contributed by atoms with Crippen molar-refractivity contribution in [2.45, 2.75) is 95.5 Å². The lowest BCUT2D eigenvalue weighted by Gasteiger charge is -2.35. The van der Waals surface area contributed by atoms with Gasteiger partial charge in [0.1, 0.15) is 11.6 Å². The SMILES string of the molecule is CC(=O)c1cccc(N2C(=O)C3C(C(=O)NC4CCCCC4)C4(C)C=CC3(O4)C2C(=O)NC(C)(C)C)c1. The third kappa shape index (κ3) is 4.19. The van der Waals surface area contributed by atoms with E-state index in [4.69, 9.17) is 4.74 Å². The molecule has 0 radical (unpaired) electrons. The summed E-state index contributed by atoms with van der Waals surface area (Å²) in [6.45, 7) is 8.92. The minimum absolute atomic E-state index is 0.0868. The minimum Gasteiger partial charge on any atom is -0.356 e. The smallest absolute Gasteiger partial charge is 0.246 e. The molecule has 3 fully saturated rings. The van der Waals surface area contributed by atoms with Gasteiger partial charge in [0.05, 0.1) is 17.4 Å². The van der Waals surface area contributed by atoms with Gasteiger partial charge in [0.15, 0.2) is 5.78 Å². The lowest BCUT2D eigenvalue weighted by molar-refractivity contribution is -0.135. The van der Waals surface area contributed by atoms with Gasteiger partial charge < -0.3 is 15.4 Å². The summed E-state index contributed by atoms with van der Waals surface area (Å²) in [6.07, 6.45) is 8.82.